The maximum Gasteiger partial charge on any atom is 0.405 e. The smallest absolute Gasteiger partial charge is 0.405 e. The number of phenolic OH excluding ortho intramolecular Hbond substituents is 1. The second kappa shape index (κ2) is 3.80. The lowest BCUT2D eigenvalue weighted by Gasteiger charge is -2.11. The molecule has 0 saturated carbocycles. The number of primary amides is 1. The molecular weight excluding hydrogens is 170 g/mol. The van der Waals surface area contributed by atoms with E-state index in [1.165, 1.54) is 6.07 Å². The predicted molar refractivity (Wildman–Crippen MR) is 47.2 cm³/mol. The van der Waals surface area contributed by atoms with Gasteiger partial charge in [-0.1, -0.05) is 12.1 Å². The average molecular weight is 181 g/mol. The Balaban J connectivity index is 2.76. The van der Waals surface area contributed by atoms with Crippen LogP contribution in [0.15, 0.2) is 24.3 Å². The van der Waals surface area contributed by atoms with E-state index >= 15 is 0 Å². The van der Waals surface area contributed by atoms with Crippen LogP contribution in [-0.4, -0.2) is 11.2 Å². The van der Waals surface area contributed by atoms with Crippen molar-refractivity contribution in [1.82, 2.24) is 0 Å². The number of benzene rings is 1. The zero-order valence-electron chi connectivity index (χ0n) is 7.23. The molecule has 4 nitrogen and oxygen atoms in total. The van der Waals surface area contributed by atoms with Crippen LogP contribution < -0.4 is 5.73 Å². The first-order chi connectivity index (χ1) is 6.09. The number of nitrogens with two attached hydrogens (primary N) is 1. The summed E-state index contributed by atoms with van der Waals surface area (Å²) in [7, 11) is 0. The number of ether oxygens (including phenoxy) is 1. The standard InChI is InChI=1S/C9H11NO3/c1-6(13-9(10)12)7-3-2-4-8(11)5-7/h2-6,11H,1H3,(H2,10,12)/t6-/m1/s1. The molecule has 0 fully saturated rings. The molecular formula is C9H11NO3. The first-order valence-corrected chi connectivity index (χ1v) is 3.84. The summed E-state index contributed by atoms with van der Waals surface area (Å²) in [5, 5.41) is 9.12. The summed E-state index contributed by atoms with van der Waals surface area (Å²) >= 11 is 0. The molecule has 1 amide bonds. The Morgan fingerprint density at radius 3 is 2.85 bits per heavy atom. The molecule has 0 aromatic heterocycles. The van der Waals surface area contributed by atoms with Crippen LogP contribution in [0.1, 0.15) is 18.6 Å². The van der Waals surface area contributed by atoms with Crippen molar-refractivity contribution < 1.29 is 14.6 Å². The number of phenols is 1. The molecule has 0 radical (unpaired) electrons. The van der Waals surface area contributed by atoms with E-state index in [1.807, 2.05) is 0 Å². The normalized spacial score (nSPS) is 12.1. The number of rotatable bonds is 2. The van der Waals surface area contributed by atoms with Gasteiger partial charge in [0, 0.05) is 0 Å². The zero-order valence-corrected chi connectivity index (χ0v) is 7.23. The van der Waals surface area contributed by atoms with Crippen LogP contribution >= 0.6 is 0 Å². The second-order valence-electron chi connectivity index (χ2n) is 2.67. The fourth-order valence-corrected chi connectivity index (χ4v) is 1.02. The average Bonchev–Trinajstić information content (AvgIpc) is 2.03. The van der Waals surface area contributed by atoms with Crippen molar-refractivity contribution in [3.05, 3.63) is 29.8 Å². The number of hydrogen-bond acceptors (Lipinski definition) is 3. The van der Waals surface area contributed by atoms with Gasteiger partial charge in [-0.3, -0.25) is 0 Å². The van der Waals surface area contributed by atoms with Crippen LogP contribution in [-0.2, 0) is 4.74 Å². The van der Waals surface area contributed by atoms with Crippen molar-refractivity contribution in [2.45, 2.75) is 13.0 Å². The Bertz CT molecular complexity index is 311. The molecule has 0 aliphatic carbocycles. The largest absolute Gasteiger partial charge is 0.508 e. The lowest BCUT2D eigenvalue weighted by atomic mass is 10.1. The number of amides is 1. The molecule has 1 aromatic rings. The molecule has 13 heavy (non-hydrogen) atoms. The SMILES string of the molecule is C[C@@H](OC(N)=O)c1cccc(O)c1. The molecule has 1 atom stereocenters. The molecule has 0 saturated heterocycles. The van der Waals surface area contributed by atoms with Gasteiger partial charge in [-0.05, 0) is 24.6 Å². The molecule has 0 spiro atoms. The Labute approximate surface area is 75.9 Å². The van der Waals surface area contributed by atoms with E-state index in [9.17, 15) is 4.79 Å². The third-order valence-electron chi connectivity index (χ3n) is 1.63. The van der Waals surface area contributed by atoms with Crippen molar-refractivity contribution >= 4 is 6.09 Å². The van der Waals surface area contributed by atoms with E-state index < -0.39 is 12.2 Å². The minimum Gasteiger partial charge on any atom is -0.508 e. The topological polar surface area (TPSA) is 72.5 Å². The molecule has 0 aliphatic rings. The predicted octanol–water partition coefficient (Wildman–Crippen LogP) is 1.55. The third kappa shape index (κ3) is 2.66. The van der Waals surface area contributed by atoms with Crippen LogP contribution in [0.4, 0.5) is 4.79 Å². The maximum absolute atomic E-state index is 10.4. The molecule has 70 valence electrons. The van der Waals surface area contributed by atoms with E-state index in [-0.39, 0.29) is 5.75 Å². The summed E-state index contributed by atoms with van der Waals surface area (Å²) in [5.41, 5.74) is 5.55. The first kappa shape index (κ1) is 9.38. The minimum atomic E-state index is -0.823. The summed E-state index contributed by atoms with van der Waals surface area (Å²) in [6, 6.07) is 6.48. The Morgan fingerprint density at radius 2 is 2.31 bits per heavy atom. The summed E-state index contributed by atoms with van der Waals surface area (Å²) in [6.45, 7) is 1.68. The second-order valence-corrected chi connectivity index (χ2v) is 2.67. The Morgan fingerprint density at radius 1 is 1.62 bits per heavy atom. The summed E-state index contributed by atoms with van der Waals surface area (Å²) < 4.78 is 4.72. The van der Waals surface area contributed by atoms with Gasteiger partial charge in [0.1, 0.15) is 11.9 Å². The van der Waals surface area contributed by atoms with Crippen LogP contribution in [0.5, 0.6) is 5.75 Å². The fraction of sp³-hybridized carbons (Fsp3) is 0.222. The number of hydrogen-bond donors (Lipinski definition) is 2. The Kier molecular flexibility index (Phi) is 2.74. The van der Waals surface area contributed by atoms with Gasteiger partial charge in [0.2, 0.25) is 0 Å². The van der Waals surface area contributed by atoms with Crippen molar-refractivity contribution in [3.8, 4) is 5.75 Å². The van der Waals surface area contributed by atoms with E-state index in [1.54, 1.807) is 25.1 Å². The van der Waals surface area contributed by atoms with Gasteiger partial charge in [-0.2, -0.15) is 0 Å². The first-order valence-electron chi connectivity index (χ1n) is 3.84. The highest BCUT2D eigenvalue weighted by Gasteiger charge is 2.08. The summed E-state index contributed by atoms with van der Waals surface area (Å²) in [6.07, 6.45) is -1.26. The van der Waals surface area contributed by atoms with Crippen molar-refractivity contribution in [1.29, 1.82) is 0 Å². The minimum absolute atomic E-state index is 0.137. The highest BCUT2D eigenvalue weighted by Crippen LogP contribution is 2.20. The van der Waals surface area contributed by atoms with Crippen LogP contribution in [0, 0.1) is 0 Å². The highest BCUT2D eigenvalue weighted by atomic mass is 16.6. The van der Waals surface area contributed by atoms with Gasteiger partial charge < -0.3 is 15.6 Å². The monoisotopic (exact) mass is 181 g/mol. The number of carbonyl (C=O) groups is 1. The van der Waals surface area contributed by atoms with Gasteiger partial charge in [0.05, 0.1) is 0 Å². The molecule has 4 heteroatoms. The zero-order chi connectivity index (χ0) is 9.84. The van der Waals surface area contributed by atoms with Gasteiger partial charge in [0.25, 0.3) is 0 Å². The molecule has 1 rings (SSSR count). The Hall–Kier alpha value is -1.71. The lowest BCUT2D eigenvalue weighted by molar-refractivity contribution is 0.116. The van der Waals surface area contributed by atoms with E-state index in [4.69, 9.17) is 15.6 Å². The fourth-order valence-electron chi connectivity index (χ4n) is 1.02. The molecule has 3 N–H and O–H groups in total. The van der Waals surface area contributed by atoms with Gasteiger partial charge in [0.15, 0.2) is 0 Å². The van der Waals surface area contributed by atoms with E-state index in [0.717, 1.165) is 0 Å². The van der Waals surface area contributed by atoms with Crippen LogP contribution in [0.2, 0.25) is 0 Å². The van der Waals surface area contributed by atoms with Crippen LogP contribution in [0.3, 0.4) is 0 Å². The number of aromatic hydroxyl groups is 1. The molecule has 0 bridgehead atoms. The summed E-state index contributed by atoms with van der Waals surface area (Å²) in [4.78, 5) is 10.4. The van der Waals surface area contributed by atoms with Gasteiger partial charge in [-0.25, -0.2) is 4.79 Å². The van der Waals surface area contributed by atoms with Gasteiger partial charge >= 0.3 is 6.09 Å². The van der Waals surface area contributed by atoms with Gasteiger partial charge in [-0.15, -0.1) is 0 Å². The van der Waals surface area contributed by atoms with Crippen molar-refractivity contribution in [2.75, 3.05) is 0 Å². The maximum atomic E-state index is 10.4. The molecule has 0 aliphatic heterocycles. The lowest BCUT2D eigenvalue weighted by Crippen LogP contribution is -2.15. The molecule has 0 unspecified atom stereocenters. The van der Waals surface area contributed by atoms with Crippen molar-refractivity contribution in [2.24, 2.45) is 5.73 Å². The van der Waals surface area contributed by atoms with Crippen LogP contribution in [0.25, 0.3) is 0 Å². The highest BCUT2D eigenvalue weighted by molar-refractivity contribution is 5.65. The van der Waals surface area contributed by atoms with E-state index in [0.29, 0.717) is 5.56 Å². The quantitative estimate of drug-likeness (QED) is 0.726. The van der Waals surface area contributed by atoms with Crippen molar-refractivity contribution in [3.63, 3.8) is 0 Å². The van der Waals surface area contributed by atoms with E-state index in [2.05, 4.69) is 0 Å². The summed E-state index contributed by atoms with van der Waals surface area (Å²) in [5.74, 6) is 0.137. The third-order valence-corrected chi connectivity index (χ3v) is 1.63. The molecule has 1 aromatic carbocycles. The molecule has 0 heterocycles. The number of carbonyl (C=O) groups excluding carboxylic acids is 1.